The Kier molecular flexibility index (Phi) is 6.27. The number of hydrogen-bond donors (Lipinski definition) is 1. The number of oxazole rings is 1. The Balaban J connectivity index is 1.33. The normalized spacial score (nSPS) is 13.0. The van der Waals surface area contributed by atoms with Gasteiger partial charge in [-0.25, -0.2) is 8.78 Å². The topological polar surface area (TPSA) is 101 Å². The zero-order valence-corrected chi connectivity index (χ0v) is 23.2. The zero-order valence-electron chi connectivity index (χ0n) is 23.2. The lowest BCUT2D eigenvalue weighted by atomic mass is 9.95. The van der Waals surface area contributed by atoms with Gasteiger partial charge >= 0.3 is 6.01 Å². The quantitative estimate of drug-likeness (QED) is 0.227. The third-order valence-electron chi connectivity index (χ3n) is 7.67. The Labute approximate surface area is 244 Å². The maximum Gasteiger partial charge on any atom is 0.305 e. The number of halogens is 2. The Morgan fingerprint density at radius 3 is 2.44 bits per heavy atom. The van der Waals surface area contributed by atoms with E-state index in [1.807, 2.05) is 0 Å². The van der Waals surface area contributed by atoms with E-state index in [0.29, 0.717) is 44.3 Å². The molecule has 0 spiro atoms. The maximum atomic E-state index is 15.4. The van der Waals surface area contributed by atoms with E-state index in [1.54, 1.807) is 49.6 Å². The number of pyridine rings is 1. The number of furan rings is 1. The average Bonchev–Trinajstić information content (AvgIpc) is 3.63. The molecule has 3 aromatic heterocycles. The van der Waals surface area contributed by atoms with E-state index >= 15 is 4.39 Å². The molecule has 8 nitrogen and oxygen atoms in total. The molecule has 0 saturated heterocycles. The number of nitrogens with zero attached hydrogens (tertiary/aromatic N) is 3. The highest BCUT2D eigenvalue weighted by atomic mass is 19.1. The summed E-state index contributed by atoms with van der Waals surface area (Å²) in [7, 11) is 1.51. The molecule has 1 saturated carbocycles. The summed E-state index contributed by atoms with van der Waals surface area (Å²) in [6, 6.07) is 15.4. The summed E-state index contributed by atoms with van der Waals surface area (Å²) in [5, 5.41) is 3.13. The number of benzene rings is 3. The van der Waals surface area contributed by atoms with Gasteiger partial charge in [-0.15, -0.1) is 0 Å². The number of carbonyl (C=O) groups excluding carboxylic acids is 2. The molecule has 1 fully saturated rings. The van der Waals surface area contributed by atoms with Gasteiger partial charge in [-0.05, 0) is 85.0 Å². The minimum atomic E-state index is -0.552. The van der Waals surface area contributed by atoms with Crippen molar-refractivity contribution < 1.29 is 27.2 Å². The lowest BCUT2D eigenvalue weighted by Crippen LogP contribution is -2.33. The molecule has 1 N–H and O–H groups in total. The van der Waals surface area contributed by atoms with Gasteiger partial charge in [-0.2, -0.15) is 4.98 Å². The van der Waals surface area contributed by atoms with Crippen LogP contribution in [-0.4, -0.2) is 34.9 Å². The van der Waals surface area contributed by atoms with Crippen LogP contribution >= 0.6 is 0 Å². The molecule has 0 atom stereocenters. The van der Waals surface area contributed by atoms with Crippen LogP contribution in [0.2, 0.25) is 0 Å². The number of rotatable bonds is 6. The summed E-state index contributed by atoms with van der Waals surface area (Å²) in [6.45, 7) is 1.63. The number of aromatic nitrogens is 2. The summed E-state index contributed by atoms with van der Waals surface area (Å²) >= 11 is 0. The number of amides is 2. The first-order valence-corrected chi connectivity index (χ1v) is 13.7. The van der Waals surface area contributed by atoms with Crippen LogP contribution in [0.4, 0.5) is 14.8 Å². The number of nitrogens with one attached hydrogen (secondary N) is 1. The van der Waals surface area contributed by atoms with Crippen molar-refractivity contribution in [2.24, 2.45) is 0 Å². The van der Waals surface area contributed by atoms with Crippen molar-refractivity contribution in [3.8, 4) is 22.5 Å². The molecular weight excluding hydrogens is 554 g/mol. The standard InChI is InChI=1S/C33H24F2N4O4/c1-17-23(19-5-10-27-24(13-19)29(31(40)36-2)30(42-27)18-3-6-21(34)7-4-18)14-20(15-25(17)35)32(41)39(22-8-9-22)33-38-26-16-37-12-11-28(26)43-33/h3-7,10-16,22H,8-9H2,1-2H3,(H,36,40). The van der Waals surface area contributed by atoms with Gasteiger partial charge in [0.05, 0.1) is 11.8 Å². The monoisotopic (exact) mass is 578 g/mol. The molecule has 3 heterocycles. The predicted octanol–water partition coefficient (Wildman–Crippen LogP) is 7.06. The molecule has 3 aromatic carbocycles. The van der Waals surface area contributed by atoms with E-state index in [2.05, 4.69) is 15.3 Å². The maximum absolute atomic E-state index is 15.4. The molecule has 2 amide bonds. The van der Waals surface area contributed by atoms with Crippen LogP contribution in [0.25, 0.3) is 44.5 Å². The summed E-state index contributed by atoms with van der Waals surface area (Å²) < 4.78 is 41.0. The van der Waals surface area contributed by atoms with Crippen LogP contribution in [0.3, 0.4) is 0 Å². The lowest BCUT2D eigenvalue weighted by Gasteiger charge is -2.19. The Morgan fingerprint density at radius 2 is 1.72 bits per heavy atom. The first-order chi connectivity index (χ1) is 20.8. The van der Waals surface area contributed by atoms with E-state index in [1.165, 1.54) is 42.3 Å². The highest BCUT2D eigenvalue weighted by Gasteiger charge is 2.38. The van der Waals surface area contributed by atoms with Crippen molar-refractivity contribution in [1.29, 1.82) is 0 Å². The summed E-state index contributed by atoms with van der Waals surface area (Å²) in [5.41, 5.74) is 3.78. The molecule has 6 aromatic rings. The van der Waals surface area contributed by atoms with Crippen molar-refractivity contribution in [2.45, 2.75) is 25.8 Å². The van der Waals surface area contributed by atoms with Crippen LogP contribution in [0.1, 0.15) is 39.1 Å². The second-order valence-electron chi connectivity index (χ2n) is 10.5. The molecule has 0 radical (unpaired) electrons. The second-order valence-corrected chi connectivity index (χ2v) is 10.5. The minimum Gasteiger partial charge on any atom is -0.455 e. The van der Waals surface area contributed by atoms with Gasteiger partial charge in [0.15, 0.2) is 5.58 Å². The van der Waals surface area contributed by atoms with Crippen LogP contribution in [0, 0.1) is 18.6 Å². The van der Waals surface area contributed by atoms with Gasteiger partial charge in [0.25, 0.3) is 11.8 Å². The lowest BCUT2D eigenvalue weighted by molar-refractivity contribution is 0.0961. The molecule has 43 heavy (non-hydrogen) atoms. The van der Waals surface area contributed by atoms with Crippen LogP contribution < -0.4 is 10.2 Å². The largest absolute Gasteiger partial charge is 0.455 e. The molecule has 0 aliphatic heterocycles. The molecule has 1 aliphatic carbocycles. The molecule has 214 valence electrons. The second kappa shape index (κ2) is 10.2. The van der Waals surface area contributed by atoms with Gasteiger partial charge in [0.1, 0.15) is 28.5 Å². The van der Waals surface area contributed by atoms with Crippen molar-refractivity contribution in [1.82, 2.24) is 15.3 Å². The number of hydrogen-bond acceptors (Lipinski definition) is 6. The fraction of sp³-hybridized carbons (Fsp3) is 0.152. The molecule has 1 aliphatic rings. The summed E-state index contributed by atoms with van der Waals surface area (Å²) in [4.78, 5) is 36.9. The Hall–Kier alpha value is -5.38. The summed E-state index contributed by atoms with van der Waals surface area (Å²) in [5.74, 6) is -1.51. The Morgan fingerprint density at radius 1 is 0.953 bits per heavy atom. The van der Waals surface area contributed by atoms with Crippen LogP contribution in [-0.2, 0) is 0 Å². The van der Waals surface area contributed by atoms with Crippen molar-refractivity contribution in [2.75, 3.05) is 11.9 Å². The molecular formula is C33H24F2N4O4. The van der Waals surface area contributed by atoms with Crippen molar-refractivity contribution >= 4 is 39.9 Å². The van der Waals surface area contributed by atoms with E-state index in [0.717, 1.165) is 12.8 Å². The number of carbonyl (C=O) groups is 2. The summed E-state index contributed by atoms with van der Waals surface area (Å²) in [6.07, 6.45) is 4.69. The van der Waals surface area contributed by atoms with Gasteiger partial charge in [-0.3, -0.25) is 19.5 Å². The molecule has 0 bridgehead atoms. The van der Waals surface area contributed by atoms with Gasteiger partial charge < -0.3 is 14.2 Å². The zero-order chi connectivity index (χ0) is 29.8. The minimum absolute atomic E-state index is 0.108. The highest BCUT2D eigenvalue weighted by molar-refractivity contribution is 6.12. The fourth-order valence-electron chi connectivity index (χ4n) is 5.27. The van der Waals surface area contributed by atoms with Crippen LogP contribution in [0.15, 0.2) is 81.9 Å². The van der Waals surface area contributed by atoms with Crippen molar-refractivity contribution in [3.05, 3.63) is 101 Å². The first kappa shape index (κ1) is 26.5. The smallest absolute Gasteiger partial charge is 0.305 e. The third kappa shape index (κ3) is 4.61. The van der Waals surface area contributed by atoms with Gasteiger partial charge in [0, 0.05) is 41.9 Å². The number of fused-ring (bicyclic) bond motifs is 2. The van der Waals surface area contributed by atoms with Gasteiger partial charge in [0.2, 0.25) is 0 Å². The fourth-order valence-corrected chi connectivity index (χ4v) is 5.27. The average molecular weight is 579 g/mol. The van der Waals surface area contributed by atoms with E-state index < -0.39 is 23.4 Å². The number of anilines is 1. The third-order valence-corrected chi connectivity index (χ3v) is 7.67. The van der Waals surface area contributed by atoms with E-state index in [9.17, 15) is 14.0 Å². The highest BCUT2D eigenvalue weighted by Crippen LogP contribution is 2.39. The SMILES string of the molecule is CNC(=O)c1c(-c2ccc(F)cc2)oc2ccc(-c3cc(C(=O)N(c4nc5cnccc5o4)C4CC4)cc(F)c3C)cc12. The Bertz CT molecular complexity index is 2030. The van der Waals surface area contributed by atoms with E-state index in [-0.39, 0.29) is 28.9 Å². The molecule has 10 heteroatoms. The van der Waals surface area contributed by atoms with Crippen LogP contribution in [0.5, 0.6) is 0 Å². The molecule has 0 unspecified atom stereocenters. The predicted molar refractivity (Wildman–Crippen MR) is 157 cm³/mol. The molecule has 7 rings (SSSR count). The first-order valence-electron chi connectivity index (χ1n) is 13.7. The van der Waals surface area contributed by atoms with Gasteiger partial charge in [-0.1, -0.05) is 6.07 Å². The van der Waals surface area contributed by atoms with Crippen molar-refractivity contribution in [3.63, 3.8) is 0 Å². The van der Waals surface area contributed by atoms with E-state index in [4.69, 9.17) is 8.83 Å².